The van der Waals surface area contributed by atoms with E-state index in [0.717, 1.165) is 38.5 Å². The molecule has 0 saturated heterocycles. The van der Waals surface area contributed by atoms with Crippen molar-refractivity contribution in [2.24, 2.45) is 7.05 Å². The summed E-state index contributed by atoms with van der Waals surface area (Å²) in [6, 6.07) is 9.70. The van der Waals surface area contributed by atoms with E-state index in [-0.39, 0.29) is 11.7 Å². The van der Waals surface area contributed by atoms with Crippen LogP contribution in [0, 0.1) is 10.1 Å². The second-order valence-electron chi connectivity index (χ2n) is 6.61. The Balaban J connectivity index is 1.45. The predicted octanol–water partition coefficient (Wildman–Crippen LogP) is 4.00. The van der Waals surface area contributed by atoms with Gasteiger partial charge in [-0.1, -0.05) is 25.7 Å². The van der Waals surface area contributed by atoms with E-state index >= 15 is 0 Å². The van der Waals surface area contributed by atoms with Gasteiger partial charge in [0.15, 0.2) is 12.4 Å². The molecule has 0 aliphatic carbocycles. The second kappa shape index (κ2) is 11.7. The molecule has 0 bridgehead atoms. The van der Waals surface area contributed by atoms with Crippen LogP contribution in [-0.4, -0.2) is 24.1 Å². The van der Waals surface area contributed by atoms with Gasteiger partial charge in [0.2, 0.25) is 0 Å². The van der Waals surface area contributed by atoms with Crippen LogP contribution < -0.4 is 9.30 Å². The Labute approximate surface area is 165 Å². The first kappa shape index (κ1) is 21.3. The zero-order chi connectivity index (χ0) is 20.2. The maximum absolute atomic E-state index is 11.9. The number of ether oxygens (including phenoxy) is 2. The Morgan fingerprint density at radius 1 is 1.00 bits per heavy atom. The molecule has 0 unspecified atom stereocenters. The molecule has 0 atom stereocenters. The normalized spacial score (nSPS) is 10.5. The van der Waals surface area contributed by atoms with Crippen molar-refractivity contribution in [3.63, 3.8) is 0 Å². The summed E-state index contributed by atoms with van der Waals surface area (Å²) in [6.45, 7) is 1.05. The Hall–Kier alpha value is -2.96. The van der Waals surface area contributed by atoms with E-state index < -0.39 is 4.92 Å². The molecule has 0 saturated carbocycles. The number of nitro groups is 1. The number of hydrogen-bond acceptors (Lipinski definition) is 5. The molecule has 7 nitrogen and oxygen atoms in total. The molecule has 150 valence electrons. The van der Waals surface area contributed by atoms with E-state index in [9.17, 15) is 14.9 Å². The summed E-state index contributed by atoms with van der Waals surface area (Å²) in [7, 11) is 1.87. The Morgan fingerprint density at radius 2 is 1.64 bits per heavy atom. The zero-order valence-corrected chi connectivity index (χ0v) is 16.2. The monoisotopic (exact) mass is 387 g/mol. The van der Waals surface area contributed by atoms with E-state index in [1.807, 2.05) is 23.9 Å². The number of hydrogen-bond donors (Lipinski definition) is 0. The number of aromatic nitrogens is 1. The van der Waals surface area contributed by atoms with Gasteiger partial charge in [-0.2, -0.15) is 0 Å². The Kier molecular flexibility index (Phi) is 8.91. The molecule has 2 aromatic rings. The van der Waals surface area contributed by atoms with Gasteiger partial charge >= 0.3 is 5.97 Å². The third-order valence-electron chi connectivity index (χ3n) is 4.26. The standard InChI is InChI=1S/C21H27N2O5/c1-22-14-8-9-18(17-22)21(24)28-16-7-5-3-2-4-6-15-27-20-12-10-19(11-13-20)23(25)26/h8-14,17H,2-7,15-16H2,1H3/q+1. The lowest BCUT2D eigenvalue weighted by Crippen LogP contribution is -2.28. The average Bonchev–Trinajstić information content (AvgIpc) is 2.69. The van der Waals surface area contributed by atoms with Crippen LogP contribution in [0.3, 0.4) is 0 Å². The maximum Gasteiger partial charge on any atom is 0.344 e. The van der Waals surface area contributed by atoms with Crippen LogP contribution >= 0.6 is 0 Å². The number of pyridine rings is 1. The second-order valence-corrected chi connectivity index (χ2v) is 6.61. The van der Waals surface area contributed by atoms with Crippen molar-refractivity contribution < 1.29 is 23.8 Å². The van der Waals surface area contributed by atoms with Gasteiger partial charge in [-0.05, 0) is 31.0 Å². The van der Waals surface area contributed by atoms with Gasteiger partial charge in [0.25, 0.3) is 5.69 Å². The highest BCUT2D eigenvalue weighted by Gasteiger charge is 2.10. The molecule has 2 rings (SSSR count). The fourth-order valence-corrected chi connectivity index (χ4v) is 2.72. The Bertz CT molecular complexity index is 762. The van der Waals surface area contributed by atoms with Crippen molar-refractivity contribution in [1.29, 1.82) is 0 Å². The molecule has 0 amide bonds. The van der Waals surface area contributed by atoms with E-state index in [4.69, 9.17) is 9.47 Å². The minimum atomic E-state index is -0.424. The van der Waals surface area contributed by atoms with Gasteiger partial charge in [-0.25, -0.2) is 9.36 Å². The number of rotatable bonds is 12. The third kappa shape index (κ3) is 7.73. The fraction of sp³-hybridized carbons (Fsp3) is 0.429. The summed E-state index contributed by atoms with van der Waals surface area (Å²) in [5.41, 5.74) is 0.633. The van der Waals surface area contributed by atoms with Crippen LogP contribution in [-0.2, 0) is 11.8 Å². The molecule has 7 heteroatoms. The lowest BCUT2D eigenvalue weighted by Gasteiger charge is -2.06. The number of carbonyl (C=O) groups excluding carboxylic acids is 1. The number of carbonyl (C=O) groups is 1. The first-order chi connectivity index (χ1) is 13.6. The summed E-state index contributed by atoms with van der Waals surface area (Å²) in [4.78, 5) is 22.1. The van der Waals surface area contributed by atoms with Crippen molar-refractivity contribution in [3.8, 4) is 5.75 Å². The smallest absolute Gasteiger partial charge is 0.344 e. The van der Waals surface area contributed by atoms with Gasteiger partial charge in [0.05, 0.1) is 18.1 Å². The number of nitro benzene ring substituents is 1. The van der Waals surface area contributed by atoms with Gasteiger partial charge in [0.1, 0.15) is 18.4 Å². The lowest BCUT2D eigenvalue weighted by molar-refractivity contribution is -0.671. The molecular weight excluding hydrogens is 360 g/mol. The van der Waals surface area contributed by atoms with Crippen LogP contribution in [0.2, 0.25) is 0 Å². The van der Waals surface area contributed by atoms with Crippen LogP contribution in [0.15, 0.2) is 48.8 Å². The topological polar surface area (TPSA) is 82.5 Å². The molecule has 0 N–H and O–H groups in total. The molecule has 28 heavy (non-hydrogen) atoms. The number of non-ortho nitro benzene ring substituents is 1. The van der Waals surface area contributed by atoms with E-state index in [1.54, 1.807) is 24.4 Å². The average molecular weight is 387 g/mol. The van der Waals surface area contributed by atoms with E-state index in [2.05, 4.69) is 0 Å². The number of esters is 1. The minimum Gasteiger partial charge on any atom is -0.494 e. The van der Waals surface area contributed by atoms with Crippen molar-refractivity contribution in [2.75, 3.05) is 13.2 Å². The number of aryl methyl sites for hydroxylation is 1. The van der Waals surface area contributed by atoms with Gasteiger partial charge < -0.3 is 9.47 Å². The minimum absolute atomic E-state index is 0.0656. The fourth-order valence-electron chi connectivity index (χ4n) is 2.72. The predicted molar refractivity (Wildman–Crippen MR) is 104 cm³/mol. The van der Waals surface area contributed by atoms with Crippen LogP contribution in [0.25, 0.3) is 0 Å². The van der Waals surface area contributed by atoms with Crippen molar-refractivity contribution >= 4 is 11.7 Å². The van der Waals surface area contributed by atoms with Gasteiger partial charge in [0, 0.05) is 18.2 Å². The Morgan fingerprint density at radius 3 is 2.29 bits per heavy atom. The highest BCUT2D eigenvalue weighted by Crippen LogP contribution is 2.17. The van der Waals surface area contributed by atoms with Crippen LogP contribution in [0.4, 0.5) is 5.69 Å². The maximum atomic E-state index is 11.9. The molecular formula is C21H27N2O5+. The molecule has 1 aromatic heterocycles. The quantitative estimate of drug-likeness (QED) is 0.181. The molecule has 0 fully saturated rings. The van der Waals surface area contributed by atoms with Crippen molar-refractivity contribution in [3.05, 3.63) is 64.5 Å². The van der Waals surface area contributed by atoms with Gasteiger partial charge in [-0.15, -0.1) is 0 Å². The van der Waals surface area contributed by atoms with E-state index in [1.165, 1.54) is 12.1 Å². The number of nitrogens with zero attached hydrogens (tertiary/aromatic N) is 2. The first-order valence-corrected chi connectivity index (χ1v) is 9.56. The summed E-state index contributed by atoms with van der Waals surface area (Å²) in [5, 5.41) is 10.6. The SMILES string of the molecule is C[n+]1cccc(C(=O)OCCCCCCCCOc2ccc([N+](=O)[O-])cc2)c1. The zero-order valence-electron chi connectivity index (χ0n) is 16.2. The molecule has 0 aliphatic heterocycles. The van der Waals surface area contributed by atoms with Crippen LogP contribution in [0.5, 0.6) is 5.75 Å². The van der Waals surface area contributed by atoms with E-state index in [0.29, 0.717) is 24.5 Å². The number of unbranched alkanes of at least 4 members (excludes halogenated alkanes) is 5. The molecule has 0 aliphatic rings. The summed E-state index contributed by atoms with van der Waals surface area (Å²) < 4.78 is 12.7. The molecule has 0 spiro atoms. The van der Waals surface area contributed by atoms with Crippen molar-refractivity contribution in [1.82, 2.24) is 0 Å². The highest BCUT2D eigenvalue weighted by molar-refractivity contribution is 5.88. The van der Waals surface area contributed by atoms with Crippen LogP contribution in [0.1, 0.15) is 48.9 Å². The molecule has 1 aromatic carbocycles. The molecule has 1 heterocycles. The van der Waals surface area contributed by atoms with Gasteiger partial charge in [-0.3, -0.25) is 10.1 Å². The highest BCUT2D eigenvalue weighted by atomic mass is 16.6. The number of benzene rings is 1. The first-order valence-electron chi connectivity index (χ1n) is 9.56. The van der Waals surface area contributed by atoms with Crippen molar-refractivity contribution in [2.45, 2.75) is 38.5 Å². The lowest BCUT2D eigenvalue weighted by atomic mass is 10.1. The molecule has 0 radical (unpaired) electrons. The summed E-state index contributed by atoms with van der Waals surface area (Å²) in [5.74, 6) is 0.374. The summed E-state index contributed by atoms with van der Waals surface area (Å²) >= 11 is 0. The summed E-state index contributed by atoms with van der Waals surface area (Å²) in [6.07, 6.45) is 9.71. The third-order valence-corrected chi connectivity index (χ3v) is 4.26. The largest absolute Gasteiger partial charge is 0.494 e.